The van der Waals surface area contributed by atoms with Gasteiger partial charge in [-0.3, -0.25) is 9.59 Å². The van der Waals surface area contributed by atoms with Crippen molar-refractivity contribution >= 4 is 52.2 Å². The molecule has 6 rings (SSSR count). The summed E-state index contributed by atoms with van der Waals surface area (Å²) in [5, 5.41) is 8.05. The highest BCUT2D eigenvalue weighted by atomic mass is 35.5. The Labute approximate surface area is 314 Å². The summed E-state index contributed by atoms with van der Waals surface area (Å²) in [5.74, 6) is 1.30. The molecule has 2 N–H and O–H groups in total. The van der Waals surface area contributed by atoms with E-state index in [4.69, 9.17) is 53.8 Å². The summed E-state index contributed by atoms with van der Waals surface area (Å²) in [6.07, 6.45) is 4.44. The van der Waals surface area contributed by atoms with Crippen molar-refractivity contribution in [2.24, 2.45) is 5.92 Å². The van der Waals surface area contributed by atoms with Crippen molar-refractivity contribution in [2.75, 3.05) is 40.3 Å². The van der Waals surface area contributed by atoms with Crippen molar-refractivity contribution in [1.82, 2.24) is 15.5 Å². The Bertz CT molecular complexity index is 1720. The van der Waals surface area contributed by atoms with Crippen LogP contribution in [0.1, 0.15) is 54.4 Å². The maximum atomic E-state index is 14.7. The van der Waals surface area contributed by atoms with Gasteiger partial charge in [0, 0.05) is 42.8 Å². The lowest BCUT2D eigenvalue weighted by Crippen LogP contribution is -2.47. The van der Waals surface area contributed by atoms with Crippen LogP contribution in [-0.4, -0.2) is 69.1 Å². The van der Waals surface area contributed by atoms with Gasteiger partial charge >= 0.3 is 0 Å². The van der Waals surface area contributed by atoms with E-state index in [9.17, 15) is 9.59 Å². The zero-order chi connectivity index (χ0) is 35.9. The van der Waals surface area contributed by atoms with Crippen molar-refractivity contribution < 1.29 is 28.5 Å². The number of aryl methyl sites for hydroxylation is 1. The average molecular weight is 757 g/mol. The van der Waals surface area contributed by atoms with Crippen LogP contribution in [0.25, 0.3) is 5.57 Å². The predicted octanol–water partition coefficient (Wildman–Crippen LogP) is 7.37. The minimum atomic E-state index is -0.328. The van der Waals surface area contributed by atoms with E-state index in [-0.39, 0.29) is 49.8 Å². The van der Waals surface area contributed by atoms with Crippen molar-refractivity contribution in [2.45, 2.75) is 64.2 Å². The summed E-state index contributed by atoms with van der Waals surface area (Å²) in [7, 11) is 1.58. The number of carbonyl (C=O) groups excluding carboxylic acids is 2. The quantitative estimate of drug-likeness (QED) is 0.110. The number of nitrogens with one attached hydrogen (secondary N) is 2. The number of amides is 2. The lowest BCUT2D eigenvalue weighted by molar-refractivity contribution is -0.129. The molecule has 2 amide bonds. The molecule has 3 aliphatic rings. The first-order valence-corrected chi connectivity index (χ1v) is 18.6. The summed E-state index contributed by atoms with van der Waals surface area (Å²) in [6, 6.07) is 17.0. The molecule has 1 aliphatic heterocycles. The third kappa shape index (κ3) is 9.97. The van der Waals surface area contributed by atoms with E-state index in [1.165, 1.54) is 0 Å². The van der Waals surface area contributed by atoms with E-state index in [2.05, 4.69) is 10.6 Å². The molecule has 51 heavy (non-hydrogen) atoms. The number of nitrogens with zero attached hydrogens (tertiary/aromatic N) is 1. The van der Waals surface area contributed by atoms with E-state index in [1.807, 2.05) is 54.3 Å². The molecule has 2 aliphatic carbocycles. The number of methoxy groups -OCH3 is 1. The maximum Gasteiger partial charge on any atom is 0.252 e. The highest BCUT2D eigenvalue weighted by Gasteiger charge is 2.38. The Morgan fingerprint density at radius 3 is 2.33 bits per heavy atom. The van der Waals surface area contributed by atoms with E-state index >= 15 is 0 Å². The molecule has 0 aromatic heterocycles. The zero-order valence-corrected chi connectivity index (χ0v) is 31.2. The summed E-state index contributed by atoms with van der Waals surface area (Å²) in [6.45, 7) is 4.37. The fourth-order valence-corrected chi connectivity index (χ4v) is 7.18. The van der Waals surface area contributed by atoms with Crippen LogP contribution < -0.4 is 20.1 Å². The molecule has 272 valence electrons. The predicted molar refractivity (Wildman–Crippen MR) is 199 cm³/mol. The average Bonchev–Trinajstić information content (AvgIpc) is 4.05. The molecule has 2 saturated carbocycles. The van der Waals surface area contributed by atoms with Gasteiger partial charge < -0.3 is 34.5 Å². The summed E-state index contributed by atoms with van der Waals surface area (Å²) >= 11 is 19.3. The largest absolute Gasteiger partial charge is 0.490 e. The van der Waals surface area contributed by atoms with E-state index in [0.717, 1.165) is 53.5 Å². The van der Waals surface area contributed by atoms with Crippen LogP contribution in [-0.2, 0) is 32.2 Å². The number of carbonyl (C=O) groups is 2. The van der Waals surface area contributed by atoms with Crippen LogP contribution in [0.15, 0.2) is 60.2 Å². The summed E-state index contributed by atoms with van der Waals surface area (Å²) in [4.78, 5) is 28.9. The molecule has 0 spiro atoms. The molecule has 12 heteroatoms. The molecule has 2 fully saturated rings. The molecule has 1 heterocycles. The molecular weight excluding hydrogens is 713 g/mol. The van der Waals surface area contributed by atoms with E-state index < -0.39 is 0 Å². The van der Waals surface area contributed by atoms with Crippen LogP contribution in [0.5, 0.6) is 11.5 Å². The van der Waals surface area contributed by atoms with Gasteiger partial charge in [-0.1, -0.05) is 59.1 Å². The highest BCUT2D eigenvalue weighted by Crippen LogP contribution is 2.37. The number of hydrogen-bond acceptors (Lipinski definition) is 7. The monoisotopic (exact) mass is 755 g/mol. The van der Waals surface area contributed by atoms with Crippen LogP contribution in [0.4, 0.5) is 0 Å². The first-order chi connectivity index (χ1) is 24.7. The van der Waals surface area contributed by atoms with E-state index in [0.29, 0.717) is 64.8 Å². The number of benzene rings is 3. The molecular formula is C39H44Cl3N3O6. The van der Waals surface area contributed by atoms with Gasteiger partial charge in [-0.25, -0.2) is 0 Å². The molecule has 0 unspecified atom stereocenters. The topological polar surface area (TPSA) is 98.4 Å². The Morgan fingerprint density at radius 1 is 0.922 bits per heavy atom. The van der Waals surface area contributed by atoms with Crippen LogP contribution in [0.2, 0.25) is 15.1 Å². The number of ether oxygens (including phenoxy) is 4. The zero-order valence-electron chi connectivity index (χ0n) is 28.9. The normalized spacial score (nSPS) is 17.3. The SMILES string of the molecule is COCOC[C@H]1NCCC(c2ccc(OCCOc3c(Cl)cc(C)cc3Cl)cc2)=C1C(=O)N(Cc1cc(CNC(=O)C2CC2)ccc1Cl)C1CC1. The lowest BCUT2D eigenvalue weighted by atomic mass is 9.88. The van der Waals surface area contributed by atoms with Crippen molar-refractivity contribution in [3.63, 3.8) is 0 Å². The molecule has 9 nitrogen and oxygen atoms in total. The number of hydrogen-bond donors (Lipinski definition) is 2. The van der Waals surface area contributed by atoms with Gasteiger partial charge in [0.2, 0.25) is 5.91 Å². The fraction of sp³-hybridized carbons (Fsp3) is 0.436. The van der Waals surface area contributed by atoms with Crippen molar-refractivity contribution in [3.8, 4) is 11.5 Å². The standard InChI is InChI=1S/C39H44Cl3N3O6/c1-24-17-33(41)37(34(42)18-24)51-16-15-50-30-10-6-26(7-11-30)31-13-14-43-35(22-49-23-48-2)36(31)39(47)45(29-8-9-29)21-28-19-25(3-12-32(28)40)20-44-38(46)27-4-5-27/h3,6-7,10-12,17-19,27,29,35,43H,4-5,8-9,13-16,20-23H2,1-2H3,(H,44,46)/t35-/m1/s1. The fourth-order valence-electron chi connectivity index (χ4n) is 6.30. The van der Waals surface area contributed by atoms with Gasteiger partial charge in [-0.05, 0) is 104 Å². The third-order valence-electron chi connectivity index (χ3n) is 9.21. The highest BCUT2D eigenvalue weighted by molar-refractivity contribution is 6.37. The third-order valence-corrected chi connectivity index (χ3v) is 10.1. The second-order valence-electron chi connectivity index (χ2n) is 13.3. The first-order valence-electron chi connectivity index (χ1n) is 17.4. The number of halogens is 3. The second-order valence-corrected chi connectivity index (χ2v) is 14.5. The van der Waals surface area contributed by atoms with Crippen molar-refractivity contribution in [1.29, 1.82) is 0 Å². The van der Waals surface area contributed by atoms with Gasteiger partial charge in [-0.2, -0.15) is 0 Å². The molecule has 3 aromatic rings. The van der Waals surface area contributed by atoms with Gasteiger partial charge in [0.05, 0.1) is 22.7 Å². The molecule has 0 bridgehead atoms. The Morgan fingerprint density at radius 2 is 1.65 bits per heavy atom. The second kappa shape index (κ2) is 17.5. The van der Waals surface area contributed by atoms with Gasteiger partial charge in [0.25, 0.3) is 5.91 Å². The molecule has 3 aromatic carbocycles. The minimum Gasteiger partial charge on any atom is -0.490 e. The Kier molecular flexibility index (Phi) is 12.8. The number of rotatable bonds is 17. The lowest BCUT2D eigenvalue weighted by Gasteiger charge is -2.33. The Hall–Kier alpha value is -3.31. The van der Waals surface area contributed by atoms with E-state index in [1.54, 1.807) is 19.2 Å². The van der Waals surface area contributed by atoms with Gasteiger partial charge in [-0.15, -0.1) is 0 Å². The van der Waals surface area contributed by atoms with Gasteiger partial charge in [0.1, 0.15) is 25.8 Å². The van der Waals surface area contributed by atoms with Crippen LogP contribution in [0, 0.1) is 12.8 Å². The maximum absolute atomic E-state index is 14.7. The molecule has 1 atom stereocenters. The molecule has 0 radical (unpaired) electrons. The smallest absolute Gasteiger partial charge is 0.252 e. The summed E-state index contributed by atoms with van der Waals surface area (Å²) in [5.41, 5.74) is 5.36. The molecule has 0 saturated heterocycles. The first kappa shape index (κ1) is 37.4. The summed E-state index contributed by atoms with van der Waals surface area (Å²) < 4.78 is 22.7. The van der Waals surface area contributed by atoms with Crippen molar-refractivity contribution in [3.05, 3.63) is 97.5 Å². The van der Waals surface area contributed by atoms with Crippen LogP contribution in [0.3, 0.4) is 0 Å². The Balaban J connectivity index is 1.19. The van der Waals surface area contributed by atoms with Crippen LogP contribution >= 0.6 is 34.8 Å². The van der Waals surface area contributed by atoms with Gasteiger partial charge in [0.15, 0.2) is 5.75 Å². The minimum absolute atomic E-state index is 0.0416.